The van der Waals surface area contributed by atoms with Gasteiger partial charge in [-0.3, -0.25) is 0 Å². The van der Waals surface area contributed by atoms with Crippen LogP contribution < -0.4 is 5.32 Å². The number of benzene rings is 1. The highest BCUT2D eigenvalue weighted by Crippen LogP contribution is 2.36. The van der Waals surface area contributed by atoms with E-state index in [9.17, 15) is 0 Å². The van der Waals surface area contributed by atoms with Crippen LogP contribution in [0.15, 0.2) is 18.2 Å². The predicted molar refractivity (Wildman–Crippen MR) is 64.0 cm³/mol. The Bertz CT molecular complexity index is 301. The highest BCUT2D eigenvalue weighted by Gasteiger charge is 2.18. The van der Waals surface area contributed by atoms with E-state index >= 15 is 0 Å². The van der Waals surface area contributed by atoms with Crippen LogP contribution in [0.25, 0.3) is 0 Å². The molecule has 1 heterocycles. The summed E-state index contributed by atoms with van der Waals surface area (Å²) in [5.41, 5.74) is 2.63. The second kappa shape index (κ2) is 3.46. The van der Waals surface area contributed by atoms with Gasteiger partial charge in [0, 0.05) is 26.6 Å². The molecule has 1 aliphatic rings. The number of halogens is 1. The Labute approximate surface area is 91.5 Å². The lowest BCUT2D eigenvalue weighted by Crippen LogP contribution is -2.14. The fourth-order valence-corrected chi connectivity index (χ4v) is 3.05. The lowest BCUT2D eigenvalue weighted by Gasteiger charge is -2.24. The number of hydrogen-bond acceptors (Lipinski definition) is 2. The van der Waals surface area contributed by atoms with Gasteiger partial charge < -0.3 is 5.32 Å². The van der Waals surface area contributed by atoms with E-state index in [0.29, 0.717) is 5.25 Å². The Hall–Kier alpha value is 0.100. The lowest BCUT2D eigenvalue weighted by molar-refractivity contribution is 0.812. The molecule has 12 heavy (non-hydrogen) atoms. The summed E-state index contributed by atoms with van der Waals surface area (Å²) >= 11 is 6.94. The molecule has 0 bridgehead atoms. The van der Waals surface area contributed by atoms with Crippen LogP contribution in [0.3, 0.4) is 0 Å². The summed E-state index contributed by atoms with van der Waals surface area (Å²) in [6.07, 6.45) is 1.12. The van der Waals surface area contributed by atoms with Gasteiger partial charge in [0.2, 0.25) is 0 Å². The molecule has 0 aromatic heterocycles. The monoisotopic (exact) mass is 291 g/mol. The first-order chi connectivity index (χ1) is 5.79. The van der Waals surface area contributed by atoms with Crippen molar-refractivity contribution in [3.8, 4) is 0 Å². The van der Waals surface area contributed by atoms with Crippen molar-refractivity contribution >= 4 is 40.9 Å². The molecule has 0 amide bonds. The van der Waals surface area contributed by atoms with Gasteiger partial charge in [-0.25, -0.2) is 0 Å². The Morgan fingerprint density at radius 1 is 1.50 bits per heavy atom. The molecule has 1 unspecified atom stereocenters. The van der Waals surface area contributed by atoms with Crippen LogP contribution in [0.2, 0.25) is 0 Å². The fourth-order valence-electron chi connectivity index (χ4n) is 1.52. The molecule has 0 saturated carbocycles. The maximum absolute atomic E-state index is 4.57. The van der Waals surface area contributed by atoms with Crippen LogP contribution in [0, 0.1) is 3.57 Å². The van der Waals surface area contributed by atoms with Gasteiger partial charge in [0.15, 0.2) is 0 Å². The molecule has 2 rings (SSSR count). The molecule has 1 N–H and O–H groups in total. The van der Waals surface area contributed by atoms with E-state index in [0.717, 1.165) is 13.0 Å². The predicted octanol–water partition coefficient (Wildman–Crippen LogP) is 3.08. The van der Waals surface area contributed by atoms with Crippen LogP contribution in [-0.2, 0) is 0 Å². The Balaban J connectivity index is 2.53. The van der Waals surface area contributed by atoms with E-state index in [-0.39, 0.29) is 0 Å². The lowest BCUT2D eigenvalue weighted by atomic mass is 10.0. The Kier molecular flexibility index (Phi) is 2.50. The summed E-state index contributed by atoms with van der Waals surface area (Å²) < 4.78 is 1.32. The van der Waals surface area contributed by atoms with Crippen LogP contribution in [0.4, 0.5) is 5.69 Å². The summed E-state index contributed by atoms with van der Waals surface area (Å²) in [5, 5.41) is 3.79. The minimum absolute atomic E-state index is 0.411. The maximum Gasteiger partial charge on any atom is 0.0394 e. The van der Waals surface area contributed by atoms with Crippen molar-refractivity contribution in [1.29, 1.82) is 0 Å². The van der Waals surface area contributed by atoms with Gasteiger partial charge in [-0.2, -0.15) is 12.6 Å². The summed E-state index contributed by atoms with van der Waals surface area (Å²) in [4.78, 5) is 0. The van der Waals surface area contributed by atoms with Crippen LogP contribution >= 0.6 is 35.2 Å². The zero-order chi connectivity index (χ0) is 8.55. The van der Waals surface area contributed by atoms with E-state index in [1.165, 1.54) is 14.8 Å². The number of nitrogens with one attached hydrogen (secondary N) is 1. The summed E-state index contributed by atoms with van der Waals surface area (Å²) in [6, 6.07) is 6.34. The molecular weight excluding hydrogens is 281 g/mol. The molecule has 1 aromatic carbocycles. The number of anilines is 1. The number of hydrogen-bond donors (Lipinski definition) is 2. The van der Waals surface area contributed by atoms with Crippen molar-refractivity contribution < 1.29 is 0 Å². The molecule has 0 spiro atoms. The Morgan fingerprint density at radius 3 is 3.08 bits per heavy atom. The summed E-state index contributed by atoms with van der Waals surface area (Å²) in [6.45, 7) is 1.04. The SMILES string of the molecule is SC1CCNc2cccc(I)c21. The van der Waals surface area contributed by atoms with E-state index < -0.39 is 0 Å². The highest BCUT2D eigenvalue weighted by atomic mass is 127. The quantitative estimate of drug-likeness (QED) is 0.553. The van der Waals surface area contributed by atoms with Gasteiger partial charge in [-0.15, -0.1) is 0 Å². The molecule has 1 atom stereocenters. The van der Waals surface area contributed by atoms with Crippen molar-refractivity contribution in [3.05, 3.63) is 27.3 Å². The molecule has 1 nitrogen and oxygen atoms in total. The van der Waals surface area contributed by atoms with Crippen molar-refractivity contribution in [2.45, 2.75) is 11.7 Å². The van der Waals surface area contributed by atoms with Gasteiger partial charge in [-0.05, 0) is 41.1 Å². The van der Waals surface area contributed by atoms with Gasteiger partial charge in [0.05, 0.1) is 0 Å². The number of rotatable bonds is 0. The Morgan fingerprint density at radius 2 is 2.33 bits per heavy atom. The molecule has 0 saturated heterocycles. The molecule has 0 radical (unpaired) electrons. The van der Waals surface area contributed by atoms with E-state index in [1.807, 2.05) is 0 Å². The molecule has 3 heteroatoms. The zero-order valence-corrected chi connectivity index (χ0v) is 9.60. The largest absolute Gasteiger partial charge is 0.385 e. The first-order valence-electron chi connectivity index (χ1n) is 3.99. The molecule has 1 aliphatic heterocycles. The first-order valence-corrected chi connectivity index (χ1v) is 5.59. The normalized spacial score (nSPS) is 21.3. The smallest absolute Gasteiger partial charge is 0.0394 e. The van der Waals surface area contributed by atoms with Crippen LogP contribution in [-0.4, -0.2) is 6.54 Å². The molecule has 0 aliphatic carbocycles. The third-order valence-electron chi connectivity index (χ3n) is 2.12. The van der Waals surface area contributed by atoms with Crippen molar-refractivity contribution in [1.82, 2.24) is 0 Å². The van der Waals surface area contributed by atoms with Crippen LogP contribution in [0.1, 0.15) is 17.2 Å². The average Bonchev–Trinajstić information content (AvgIpc) is 2.04. The van der Waals surface area contributed by atoms with E-state index in [1.54, 1.807) is 0 Å². The third-order valence-corrected chi connectivity index (χ3v) is 3.58. The van der Waals surface area contributed by atoms with Crippen molar-refractivity contribution in [2.24, 2.45) is 0 Å². The van der Waals surface area contributed by atoms with Crippen molar-refractivity contribution in [3.63, 3.8) is 0 Å². The minimum atomic E-state index is 0.411. The summed E-state index contributed by atoms with van der Waals surface area (Å²) in [5.74, 6) is 0. The second-order valence-electron chi connectivity index (χ2n) is 2.93. The first kappa shape index (κ1) is 8.69. The van der Waals surface area contributed by atoms with Gasteiger partial charge in [0.1, 0.15) is 0 Å². The average molecular weight is 291 g/mol. The standard InChI is InChI=1S/C9H10INS/c10-6-2-1-3-7-9(6)8(12)4-5-11-7/h1-3,8,11-12H,4-5H2. The third kappa shape index (κ3) is 1.44. The molecular formula is C9H10INS. The highest BCUT2D eigenvalue weighted by molar-refractivity contribution is 14.1. The number of thiol groups is 1. The topological polar surface area (TPSA) is 12.0 Å². The zero-order valence-electron chi connectivity index (χ0n) is 6.55. The second-order valence-corrected chi connectivity index (χ2v) is 4.72. The van der Waals surface area contributed by atoms with Gasteiger partial charge in [0.25, 0.3) is 0 Å². The summed E-state index contributed by atoms with van der Waals surface area (Å²) in [7, 11) is 0. The van der Waals surface area contributed by atoms with Gasteiger partial charge >= 0.3 is 0 Å². The van der Waals surface area contributed by atoms with Gasteiger partial charge in [-0.1, -0.05) is 6.07 Å². The van der Waals surface area contributed by atoms with E-state index in [4.69, 9.17) is 0 Å². The van der Waals surface area contributed by atoms with E-state index in [2.05, 4.69) is 58.7 Å². The van der Waals surface area contributed by atoms with Crippen LogP contribution in [0.5, 0.6) is 0 Å². The number of fused-ring (bicyclic) bond motifs is 1. The maximum atomic E-state index is 4.57. The molecule has 0 fully saturated rings. The fraction of sp³-hybridized carbons (Fsp3) is 0.333. The molecule has 1 aromatic rings. The minimum Gasteiger partial charge on any atom is -0.385 e. The van der Waals surface area contributed by atoms with Crippen molar-refractivity contribution in [2.75, 3.05) is 11.9 Å². The molecule has 64 valence electrons.